The Hall–Kier alpha value is -1.82. The molecule has 126 valence electrons. The second-order valence-corrected chi connectivity index (χ2v) is 6.97. The van der Waals surface area contributed by atoms with Crippen LogP contribution in [0.5, 0.6) is 0 Å². The first-order valence-electron chi connectivity index (χ1n) is 7.57. The number of pyridine rings is 1. The quantitative estimate of drug-likeness (QED) is 0.775. The molecule has 0 atom stereocenters. The maximum atomic E-state index is 12.1. The zero-order valence-electron chi connectivity index (χ0n) is 13.9. The molecule has 2 rings (SSSR count). The molecule has 0 bridgehead atoms. The van der Waals surface area contributed by atoms with Crippen molar-refractivity contribution in [2.75, 3.05) is 31.1 Å². The Balaban J connectivity index is 2.05. The highest BCUT2D eigenvalue weighted by Gasteiger charge is 2.27. The summed E-state index contributed by atoms with van der Waals surface area (Å²) in [6.45, 7) is 9.26. The summed E-state index contributed by atoms with van der Waals surface area (Å²) in [5, 5.41) is 0.436. The van der Waals surface area contributed by atoms with Gasteiger partial charge in [0.2, 0.25) is 0 Å². The molecule has 0 aromatic carbocycles. The molecule has 1 fully saturated rings. The molecule has 0 aliphatic carbocycles. The fraction of sp³-hybridized carbons (Fsp3) is 0.562. The molecule has 7 heteroatoms. The molecule has 6 nitrogen and oxygen atoms in total. The number of ketones is 1. The lowest BCUT2D eigenvalue weighted by Crippen LogP contribution is -2.50. The number of halogens is 1. The Morgan fingerprint density at radius 1 is 1.22 bits per heavy atom. The smallest absolute Gasteiger partial charge is 0.410 e. The summed E-state index contributed by atoms with van der Waals surface area (Å²) < 4.78 is 5.38. The van der Waals surface area contributed by atoms with Crippen LogP contribution < -0.4 is 4.90 Å². The van der Waals surface area contributed by atoms with E-state index in [1.165, 1.54) is 13.1 Å². The fourth-order valence-corrected chi connectivity index (χ4v) is 2.53. The summed E-state index contributed by atoms with van der Waals surface area (Å²) in [4.78, 5) is 31.8. The molecule has 0 N–H and O–H groups in total. The van der Waals surface area contributed by atoms with Gasteiger partial charge in [0.15, 0.2) is 5.78 Å². The monoisotopic (exact) mass is 339 g/mol. The van der Waals surface area contributed by atoms with E-state index >= 15 is 0 Å². The molecule has 0 spiro atoms. The summed E-state index contributed by atoms with van der Waals surface area (Å²) in [5.74, 6) is 0.537. The standard InChI is InChI=1S/C16H22ClN3O3/c1-11(21)13-9-12(17)10-18-14(13)19-5-7-20(8-6-19)15(22)23-16(2,3)4/h9-10H,5-8H2,1-4H3. The topological polar surface area (TPSA) is 62.7 Å². The van der Waals surface area contributed by atoms with E-state index in [0.29, 0.717) is 42.6 Å². The molecule has 1 aliphatic heterocycles. The van der Waals surface area contributed by atoms with Gasteiger partial charge in [-0.15, -0.1) is 0 Å². The molecule has 23 heavy (non-hydrogen) atoms. The zero-order valence-corrected chi connectivity index (χ0v) is 14.7. The highest BCUT2D eigenvalue weighted by molar-refractivity contribution is 6.31. The predicted octanol–water partition coefficient (Wildman–Crippen LogP) is 2.99. The van der Waals surface area contributed by atoms with Crippen LogP contribution in [0.15, 0.2) is 12.3 Å². The number of amides is 1. The second kappa shape index (κ2) is 6.74. The number of aromatic nitrogens is 1. The van der Waals surface area contributed by atoms with Crippen LogP contribution in [0.4, 0.5) is 10.6 Å². The van der Waals surface area contributed by atoms with Gasteiger partial charge in [-0.05, 0) is 33.8 Å². The number of carbonyl (C=O) groups is 2. The average Bonchev–Trinajstić information content (AvgIpc) is 2.45. The van der Waals surface area contributed by atoms with Gasteiger partial charge in [0.25, 0.3) is 0 Å². The minimum atomic E-state index is -0.506. The molecule has 1 aliphatic rings. The van der Waals surface area contributed by atoms with Crippen LogP contribution in [0.1, 0.15) is 38.1 Å². The third-order valence-electron chi connectivity index (χ3n) is 3.44. The summed E-state index contributed by atoms with van der Waals surface area (Å²) in [6, 6.07) is 1.63. The van der Waals surface area contributed by atoms with E-state index in [9.17, 15) is 9.59 Å². The van der Waals surface area contributed by atoms with Crippen molar-refractivity contribution < 1.29 is 14.3 Å². The van der Waals surface area contributed by atoms with E-state index in [2.05, 4.69) is 4.98 Å². The van der Waals surface area contributed by atoms with Gasteiger partial charge in [0.1, 0.15) is 11.4 Å². The van der Waals surface area contributed by atoms with Gasteiger partial charge in [-0.1, -0.05) is 11.6 Å². The Morgan fingerprint density at radius 3 is 2.35 bits per heavy atom. The Kier molecular flexibility index (Phi) is 5.14. The van der Waals surface area contributed by atoms with Gasteiger partial charge in [0.05, 0.1) is 10.6 Å². The van der Waals surface area contributed by atoms with Crippen molar-refractivity contribution in [3.05, 3.63) is 22.8 Å². The van der Waals surface area contributed by atoms with Crippen molar-refractivity contribution in [1.29, 1.82) is 0 Å². The molecule has 1 amide bonds. The number of ether oxygens (including phenoxy) is 1. The van der Waals surface area contributed by atoms with Crippen molar-refractivity contribution in [1.82, 2.24) is 9.88 Å². The van der Waals surface area contributed by atoms with Crippen LogP contribution >= 0.6 is 11.6 Å². The first kappa shape index (κ1) is 17.5. The van der Waals surface area contributed by atoms with Gasteiger partial charge >= 0.3 is 6.09 Å². The normalized spacial score (nSPS) is 15.5. The largest absolute Gasteiger partial charge is 0.444 e. The third-order valence-corrected chi connectivity index (χ3v) is 3.65. The SMILES string of the molecule is CC(=O)c1cc(Cl)cnc1N1CCN(C(=O)OC(C)(C)C)CC1. The molecular formula is C16H22ClN3O3. The number of carbonyl (C=O) groups excluding carboxylic acids is 2. The van der Waals surface area contributed by atoms with E-state index in [1.807, 2.05) is 25.7 Å². The van der Waals surface area contributed by atoms with Gasteiger partial charge in [-0.3, -0.25) is 4.79 Å². The number of hydrogen-bond acceptors (Lipinski definition) is 5. The van der Waals surface area contributed by atoms with Crippen LogP contribution in [0.3, 0.4) is 0 Å². The second-order valence-electron chi connectivity index (χ2n) is 6.54. The van der Waals surface area contributed by atoms with E-state index in [0.717, 1.165) is 0 Å². The number of rotatable bonds is 2. The van der Waals surface area contributed by atoms with Crippen molar-refractivity contribution in [3.8, 4) is 0 Å². The molecule has 1 aromatic heterocycles. The number of hydrogen-bond donors (Lipinski definition) is 0. The van der Waals surface area contributed by atoms with Crippen LogP contribution in [0.2, 0.25) is 5.02 Å². The van der Waals surface area contributed by atoms with Crippen LogP contribution in [-0.2, 0) is 4.74 Å². The summed E-state index contributed by atoms with van der Waals surface area (Å²) in [7, 11) is 0. The highest BCUT2D eigenvalue weighted by atomic mass is 35.5. The van der Waals surface area contributed by atoms with E-state index in [-0.39, 0.29) is 11.9 Å². The lowest BCUT2D eigenvalue weighted by Gasteiger charge is -2.36. The Bertz CT molecular complexity index is 605. The summed E-state index contributed by atoms with van der Waals surface area (Å²) in [6.07, 6.45) is 1.22. The molecule has 2 heterocycles. The van der Waals surface area contributed by atoms with Crippen molar-refractivity contribution >= 4 is 29.3 Å². The van der Waals surface area contributed by atoms with Crippen LogP contribution in [-0.4, -0.2) is 53.5 Å². The number of Topliss-reactive ketones (excluding diaryl/α,β-unsaturated/α-hetero) is 1. The Morgan fingerprint density at radius 2 is 1.83 bits per heavy atom. The number of anilines is 1. The maximum Gasteiger partial charge on any atom is 0.410 e. The number of nitrogens with zero attached hydrogens (tertiary/aromatic N) is 3. The molecule has 1 saturated heterocycles. The van der Waals surface area contributed by atoms with Crippen molar-refractivity contribution in [2.45, 2.75) is 33.3 Å². The molecule has 0 saturated carbocycles. The van der Waals surface area contributed by atoms with Gasteiger partial charge in [0, 0.05) is 32.4 Å². The summed E-state index contributed by atoms with van der Waals surface area (Å²) >= 11 is 5.92. The van der Waals surface area contributed by atoms with Crippen LogP contribution in [0.25, 0.3) is 0 Å². The first-order chi connectivity index (χ1) is 10.7. The fourth-order valence-electron chi connectivity index (χ4n) is 2.37. The summed E-state index contributed by atoms with van der Waals surface area (Å²) in [5.41, 5.74) is -0.00322. The lowest BCUT2D eigenvalue weighted by atomic mass is 10.1. The van der Waals surface area contributed by atoms with Gasteiger partial charge < -0.3 is 14.5 Å². The van der Waals surface area contributed by atoms with Crippen molar-refractivity contribution in [2.24, 2.45) is 0 Å². The van der Waals surface area contributed by atoms with E-state index < -0.39 is 5.60 Å². The lowest BCUT2D eigenvalue weighted by molar-refractivity contribution is 0.0240. The Labute approximate surface area is 141 Å². The highest BCUT2D eigenvalue weighted by Crippen LogP contribution is 2.23. The molecule has 1 aromatic rings. The van der Waals surface area contributed by atoms with Crippen LogP contribution in [0, 0.1) is 0 Å². The number of piperazine rings is 1. The minimum Gasteiger partial charge on any atom is -0.444 e. The average molecular weight is 340 g/mol. The molecular weight excluding hydrogens is 318 g/mol. The zero-order chi connectivity index (χ0) is 17.2. The first-order valence-corrected chi connectivity index (χ1v) is 7.94. The van der Waals surface area contributed by atoms with E-state index in [1.54, 1.807) is 11.0 Å². The van der Waals surface area contributed by atoms with E-state index in [4.69, 9.17) is 16.3 Å². The van der Waals surface area contributed by atoms with Crippen molar-refractivity contribution in [3.63, 3.8) is 0 Å². The third kappa shape index (κ3) is 4.58. The predicted molar refractivity (Wildman–Crippen MR) is 89.3 cm³/mol. The van der Waals surface area contributed by atoms with Gasteiger partial charge in [-0.2, -0.15) is 0 Å². The maximum absolute atomic E-state index is 12.1. The van der Waals surface area contributed by atoms with Gasteiger partial charge in [-0.25, -0.2) is 9.78 Å². The minimum absolute atomic E-state index is 0.0791. The molecule has 0 unspecified atom stereocenters. The molecule has 0 radical (unpaired) electrons.